The molecule has 0 aliphatic rings. The molecule has 2 aromatic rings. The van der Waals surface area contributed by atoms with E-state index in [0.29, 0.717) is 22.9 Å². The molecule has 0 amide bonds. The molecule has 0 fully saturated rings. The first kappa shape index (κ1) is 14.4. The fraction of sp³-hybridized carbons (Fsp3) is 0.308. The number of carboxylic acids is 1. The van der Waals surface area contributed by atoms with Crippen LogP contribution in [-0.4, -0.2) is 31.2 Å². The van der Waals surface area contributed by atoms with Crippen LogP contribution in [0, 0.1) is 0 Å². The summed E-state index contributed by atoms with van der Waals surface area (Å²) < 4.78 is 0. The average molecular weight is 290 g/mol. The Bertz CT molecular complexity index is 619. The van der Waals surface area contributed by atoms with Gasteiger partial charge in [-0.05, 0) is 30.2 Å². The summed E-state index contributed by atoms with van der Waals surface area (Å²) in [6, 6.07) is 0. The maximum absolute atomic E-state index is 11.5. The number of aryl methyl sites for hydroxylation is 1. The summed E-state index contributed by atoms with van der Waals surface area (Å²) >= 11 is 1.16. The van der Waals surface area contributed by atoms with E-state index in [4.69, 9.17) is 0 Å². The minimum Gasteiger partial charge on any atom is -0.478 e. The van der Waals surface area contributed by atoms with Crippen LogP contribution < -0.4 is 0 Å². The van der Waals surface area contributed by atoms with Gasteiger partial charge < -0.3 is 5.11 Å². The molecular formula is C13H14N4O2S. The quantitative estimate of drug-likeness (QED) is 0.903. The van der Waals surface area contributed by atoms with Gasteiger partial charge in [0, 0.05) is 12.4 Å². The topological polar surface area (TPSA) is 88.9 Å². The van der Waals surface area contributed by atoms with Crippen molar-refractivity contribution in [2.75, 3.05) is 0 Å². The third kappa shape index (κ3) is 2.93. The first-order valence-electron chi connectivity index (χ1n) is 6.22. The van der Waals surface area contributed by atoms with E-state index in [1.807, 2.05) is 13.8 Å². The van der Waals surface area contributed by atoms with E-state index in [1.165, 1.54) is 0 Å². The SMILES string of the molecule is CCc1nnc(Sc2cnccn2)c(C(=O)O)c1CC. The summed E-state index contributed by atoms with van der Waals surface area (Å²) in [5.41, 5.74) is 1.68. The van der Waals surface area contributed by atoms with Crippen LogP contribution in [0.4, 0.5) is 0 Å². The summed E-state index contributed by atoms with van der Waals surface area (Å²) in [5.74, 6) is -0.988. The number of hydrogen-bond acceptors (Lipinski definition) is 6. The molecule has 2 rings (SSSR count). The van der Waals surface area contributed by atoms with Gasteiger partial charge in [-0.3, -0.25) is 4.98 Å². The molecule has 2 heterocycles. The lowest BCUT2D eigenvalue weighted by atomic mass is 10.0. The van der Waals surface area contributed by atoms with Crippen molar-refractivity contribution >= 4 is 17.7 Å². The van der Waals surface area contributed by atoms with Crippen molar-refractivity contribution < 1.29 is 9.90 Å². The molecule has 0 atom stereocenters. The van der Waals surface area contributed by atoms with Gasteiger partial charge in [-0.15, -0.1) is 5.10 Å². The van der Waals surface area contributed by atoms with E-state index < -0.39 is 5.97 Å². The Balaban J connectivity index is 2.50. The zero-order valence-corrected chi connectivity index (χ0v) is 12.0. The first-order chi connectivity index (χ1) is 9.67. The van der Waals surface area contributed by atoms with E-state index in [9.17, 15) is 9.90 Å². The van der Waals surface area contributed by atoms with Crippen LogP contribution in [0.5, 0.6) is 0 Å². The lowest BCUT2D eigenvalue weighted by Crippen LogP contribution is -2.11. The minimum absolute atomic E-state index is 0.218. The molecule has 0 radical (unpaired) electrons. The number of carboxylic acid groups (broad SMARTS) is 1. The molecule has 0 unspecified atom stereocenters. The second-order valence-electron chi connectivity index (χ2n) is 3.96. The van der Waals surface area contributed by atoms with Crippen LogP contribution in [0.1, 0.15) is 35.5 Å². The monoisotopic (exact) mass is 290 g/mol. The van der Waals surface area contributed by atoms with E-state index in [1.54, 1.807) is 18.6 Å². The molecule has 7 heteroatoms. The summed E-state index contributed by atoms with van der Waals surface area (Å²) in [5, 5.41) is 18.6. The summed E-state index contributed by atoms with van der Waals surface area (Å²) in [6.45, 7) is 3.85. The van der Waals surface area contributed by atoms with Crippen molar-refractivity contribution in [1.29, 1.82) is 0 Å². The van der Waals surface area contributed by atoms with Crippen LogP contribution in [-0.2, 0) is 12.8 Å². The molecular weight excluding hydrogens is 276 g/mol. The largest absolute Gasteiger partial charge is 0.478 e. The Morgan fingerprint density at radius 1 is 1.25 bits per heavy atom. The summed E-state index contributed by atoms with van der Waals surface area (Å²) in [7, 11) is 0. The first-order valence-corrected chi connectivity index (χ1v) is 7.04. The smallest absolute Gasteiger partial charge is 0.338 e. The van der Waals surface area contributed by atoms with Crippen molar-refractivity contribution in [3.8, 4) is 0 Å². The molecule has 2 aromatic heterocycles. The lowest BCUT2D eigenvalue weighted by molar-refractivity contribution is 0.0690. The van der Waals surface area contributed by atoms with Crippen molar-refractivity contribution in [3.05, 3.63) is 35.4 Å². The number of rotatable bonds is 5. The molecule has 0 aliphatic heterocycles. The normalized spacial score (nSPS) is 10.5. The summed E-state index contributed by atoms with van der Waals surface area (Å²) in [6.07, 6.45) is 5.95. The van der Waals surface area contributed by atoms with Gasteiger partial charge in [0.2, 0.25) is 0 Å². The molecule has 104 valence electrons. The highest BCUT2D eigenvalue weighted by Gasteiger charge is 2.21. The maximum atomic E-state index is 11.5. The predicted molar refractivity (Wildman–Crippen MR) is 73.9 cm³/mol. The highest BCUT2D eigenvalue weighted by Crippen LogP contribution is 2.29. The van der Waals surface area contributed by atoms with Gasteiger partial charge in [0.1, 0.15) is 10.1 Å². The van der Waals surface area contributed by atoms with Crippen LogP contribution in [0.2, 0.25) is 0 Å². The van der Waals surface area contributed by atoms with Crippen molar-refractivity contribution in [3.63, 3.8) is 0 Å². The highest BCUT2D eigenvalue weighted by molar-refractivity contribution is 7.99. The molecule has 1 N–H and O–H groups in total. The molecule has 0 saturated heterocycles. The highest BCUT2D eigenvalue weighted by atomic mass is 32.2. The zero-order valence-electron chi connectivity index (χ0n) is 11.2. The Hall–Kier alpha value is -2.02. The van der Waals surface area contributed by atoms with Crippen LogP contribution in [0.3, 0.4) is 0 Å². The van der Waals surface area contributed by atoms with E-state index in [0.717, 1.165) is 23.0 Å². The Morgan fingerprint density at radius 3 is 2.60 bits per heavy atom. The van der Waals surface area contributed by atoms with E-state index >= 15 is 0 Å². The van der Waals surface area contributed by atoms with Gasteiger partial charge in [0.25, 0.3) is 0 Å². The number of nitrogens with zero attached hydrogens (tertiary/aromatic N) is 4. The van der Waals surface area contributed by atoms with Crippen LogP contribution in [0.25, 0.3) is 0 Å². The third-order valence-electron chi connectivity index (χ3n) is 2.77. The second-order valence-corrected chi connectivity index (χ2v) is 4.97. The average Bonchev–Trinajstić information content (AvgIpc) is 2.47. The van der Waals surface area contributed by atoms with Crippen molar-refractivity contribution in [2.24, 2.45) is 0 Å². The number of aromatic carboxylic acids is 1. The number of hydrogen-bond donors (Lipinski definition) is 1. The molecule has 0 bridgehead atoms. The Labute approximate surface area is 120 Å². The van der Waals surface area contributed by atoms with Crippen molar-refractivity contribution in [2.45, 2.75) is 36.7 Å². The Morgan fingerprint density at radius 2 is 2.05 bits per heavy atom. The molecule has 0 aliphatic carbocycles. The van der Waals surface area contributed by atoms with E-state index in [2.05, 4.69) is 20.2 Å². The molecule has 0 spiro atoms. The summed E-state index contributed by atoms with van der Waals surface area (Å²) in [4.78, 5) is 19.6. The van der Waals surface area contributed by atoms with Gasteiger partial charge >= 0.3 is 5.97 Å². The number of carbonyl (C=O) groups is 1. The van der Waals surface area contributed by atoms with Gasteiger partial charge in [0.15, 0.2) is 0 Å². The van der Waals surface area contributed by atoms with Gasteiger partial charge in [-0.1, -0.05) is 13.8 Å². The fourth-order valence-corrected chi connectivity index (χ4v) is 2.70. The molecule has 0 saturated carbocycles. The number of aromatic nitrogens is 4. The predicted octanol–water partition coefficient (Wildman–Crippen LogP) is 2.24. The Kier molecular flexibility index (Phi) is 4.62. The van der Waals surface area contributed by atoms with Gasteiger partial charge in [-0.2, -0.15) is 5.10 Å². The zero-order chi connectivity index (χ0) is 14.5. The minimum atomic E-state index is -0.988. The second kappa shape index (κ2) is 6.42. The van der Waals surface area contributed by atoms with Crippen molar-refractivity contribution in [1.82, 2.24) is 20.2 Å². The van der Waals surface area contributed by atoms with Crippen LogP contribution >= 0.6 is 11.8 Å². The molecule has 6 nitrogen and oxygen atoms in total. The van der Waals surface area contributed by atoms with E-state index in [-0.39, 0.29) is 5.56 Å². The molecule has 20 heavy (non-hydrogen) atoms. The van der Waals surface area contributed by atoms with Crippen LogP contribution in [0.15, 0.2) is 28.6 Å². The maximum Gasteiger partial charge on any atom is 0.338 e. The van der Waals surface area contributed by atoms with Gasteiger partial charge in [-0.25, -0.2) is 9.78 Å². The standard InChI is InChI=1S/C13H14N4O2S/c1-3-8-9(4-2)16-17-12(11(8)13(18)19)20-10-7-14-5-6-15-10/h5-7H,3-4H2,1-2H3,(H,18,19). The molecule has 0 aromatic carbocycles. The fourth-order valence-electron chi connectivity index (χ4n) is 1.88. The van der Waals surface area contributed by atoms with Gasteiger partial charge in [0.05, 0.1) is 17.5 Å². The lowest BCUT2D eigenvalue weighted by Gasteiger charge is -2.11. The third-order valence-corrected chi connectivity index (χ3v) is 3.67.